The summed E-state index contributed by atoms with van der Waals surface area (Å²) >= 11 is 0. The highest BCUT2D eigenvalue weighted by Crippen LogP contribution is 2.31. The normalized spacial score (nSPS) is 18.5. The molecule has 3 aliphatic rings. The van der Waals surface area contributed by atoms with Crippen LogP contribution in [0.1, 0.15) is 35.2 Å². The summed E-state index contributed by atoms with van der Waals surface area (Å²) in [5, 5.41) is 6.35. The maximum atomic E-state index is 13.2. The van der Waals surface area contributed by atoms with Crippen molar-refractivity contribution < 1.29 is 14.4 Å². The molecular weight excluding hydrogens is 454 g/mol. The standard InChI is InChI=1S/C28H35N5O3/c34-26(19-21-5-2-1-3-6-21)30-24-20-23(28(36)32-13-11-29-12-14-32)9-10-25(24)31-15-17-33(18-16-31)27(35)22-7-4-8-22/h1-3,5-6,9-10,20,22,29H,4,7-8,11-19H2,(H,30,34). The van der Waals surface area contributed by atoms with Crippen molar-refractivity contribution in [3.63, 3.8) is 0 Å². The average Bonchev–Trinajstić information content (AvgIpc) is 2.88. The third kappa shape index (κ3) is 5.54. The van der Waals surface area contributed by atoms with Crippen molar-refractivity contribution in [3.05, 3.63) is 59.7 Å². The summed E-state index contributed by atoms with van der Waals surface area (Å²) in [4.78, 5) is 44.9. The van der Waals surface area contributed by atoms with E-state index in [4.69, 9.17) is 0 Å². The van der Waals surface area contributed by atoms with E-state index in [9.17, 15) is 14.4 Å². The lowest BCUT2D eigenvalue weighted by Gasteiger charge is -2.39. The first-order chi connectivity index (χ1) is 17.6. The minimum atomic E-state index is -0.118. The Morgan fingerprint density at radius 3 is 2.25 bits per heavy atom. The molecule has 0 spiro atoms. The summed E-state index contributed by atoms with van der Waals surface area (Å²) in [5.41, 5.74) is 3.06. The van der Waals surface area contributed by atoms with Crippen molar-refractivity contribution in [2.75, 3.05) is 62.6 Å². The molecule has 2 aliphatic heterocycles. The Bertz CT molecular complexity index is 1090. The molecule has 0 radical (unpaired) electrons. The maximum absolute atomic E-state index is 13.2. The van der Waals surface area contributed by atoms with E-state index in [2.05, 4.69) is 15.5 Å². The van der Waals surface area contributed by atoms with Crippen molar-refractivity contribution in [3.8, 4) is 0 Å². The number of benzene rings is 2. The van der Waals surface area contributed by atoms with E-state index in [1.54, 1.807) is 0 Å². The topological polar surface area (TPSA) is 85.0 Å². The van der Waals surface area contributed by atoms with E-state index in [0.29, 0.717) is 50.5 Å². The summed E-state index contributed by atoms with van der Waals surface area (Å²) < 4.78 is 0. The highest BCUT2D eigenvalue weighted by atomic mass is 16.2. The molecule has 5 rings (SSSR count). The first kappa shape index (κ1) is 24.3. The van der Waals surface area contributed by atoms with E-state index in [1.807, 2.05) is 58.3 Å². The molecule has 0 unspecified atom stereocenters. The number of piperazine rings is 2. The molecule has 2 aromatic carbocycles. The molecule has 0 atom stereocenters. The van der Waals surface area contributed by atoms with Gasteiger partial charge in [-0.25, -0.2) is 0 Å². The fraction of sp³-hybridized carbons (Fsp3) is 0.464. The van der Waals surface area contributed by atoms with Gasteiger partial charge in [-0.2, -0.15) is 0 Å². The summed E-state index contributed by atoms with van der Waals surface area (Å²) in [6, 6.07) is 15.3. The van der Waals surface area contributed by atoms with Crippen LogP contribution in [0.25, 0.3) is 0 Å². The Kier molecular flexibility index (Phi) is 7.51. The van der Waals surface area contributed by atoms with Gasteiger partial charge in [-0.05, 0) is 36.6 Å². The van der Waals surface area contributed by atoms with Gasteiger partial charge in [-0.1, -0.05) is 36.8 Å². The maximum Gasteiger partial charge on any atom is 0.254 e. The molecule has 3 fully saturated rings. The van der Waals surface area contributed by atoms with E-state index in [0.717, 1.165) is 43.6 Å². The van der Waals surface area contributed by atoms with Crippen LogP contribution in [0.15, 0.2) is 48.5 Å². The molecule has 0 bridgehead atoms. The number of nitrogens with one attached hydrogen (secondary N) is 2. The first-order valence-electron chi connectivity index (χ1n) is 13.1. The second-order valence-corrected chi connectivity index (χ2v) is 9.92. The Morgan fingerprint density at radius 2 is 1.58 bits per heavy atom. The van der Waals surface area contributed by atoms with Crippen molar-refractivity contribution in [1.82, 2.24) is 15.1 Å². The SMILES string of the molecule is O=C(Cc1ccccc1)Nc1cc(C(=O)N2CCNCC2)ccc1N1CCN(C(=O)C2CCC2)CC1. The van der Waals surface area contributed by atoms with E-state index in [1.165, 1.54) is 0 Å². The van der Waals surface area contributed by atoms with Crippen molar-refractivity contribution in [2.24, 2.45) is 5.92 Å². The summed E-state index contributed by atoms with van der Waals surface area (Å²) in [7, 11) is 0. The molecule has 1 saturated carbocycles. The Morgan fingerprint density at radius 1 is 0.861 bits per heavy atom. The molecule has 0 aromatic heterocycles. The highest BCUT2D eigenvalue weighted by Gasteiger charge is 2.32. The van der Waals surface area contributed by atoms with Crippen molar-refractivity contribution in [2.45, 2.75) is 25.7 Å². The Balaban J connectivity index is 1.33. The molecular formula is C28H35N5O3. The molecule has 190 valence electrons. The van der Waals surface area contributed by atoms with Gasteiger partial charge in [-0.15, -0.1) is 0 Å². The summed E-state index contributed by atoms with van der Waals surface area (Å²) in [5.74, 6) is 0.361. The van der Waals surface area contributed by atoms with Gasteiger partial charge in [0.1, 0.15) is 0 Å². The third-order valence-corrected chi connectivity index (χ3v) is 7.52. The van der Waals surface area contributed by atoms with Gasteiger partial charge in [-0.3, -0.25) is 14.4 Å². The summed E-state index contributed by atoms with van der Waals surface area (Å²) in [6.45, 7) is 5.67. The molecule has 3 amide bonds. The number of hydrogen-bond donors (Lipinski definition) is 2. The predicted molar refractivity (Wildman–Crippen MR) is 140 cm³/mol. The molecule has 8 heteroatoms. The largest absolute Gasteiger partial charge is 0.366 e. The lowest BCUT2D eigenvalue weighted by Crippen LogP contribution is -2.51. The number of carbonyl (C=O) groups excluding carboxylic acids is 3. The smallest absolute Gasteiger partial charge is 0.254 e. The van der Waals surface area contributed by atoms with Crippen molar-refractivity contribution >= 4 is 29.1 Å². The van der Waals surface area contributed by atoms with Gasteiger partial charge in [0.2, 0.25) is 11.8 Å². The van der Waals surface area contributed by atoms with Crippen LogP contribution in [-0.4, -0.2) is 79.9 Å². The number of amides is 3. The second kappa shape index (κ2) is 11.1. The Labute approximate surface area is 212 Å². The molecule has 36 heavy (non-hydrogen) atoms. The van der Waals surface area contributed by atoms with Gasteiger partial charge in [0.25, 0.3) is 5.91 Å². The second-order valence-electron chi connectivity index (χ2n) is 9.92. The third-order valence-electron chi connectivity index (χ3n) is 7.52. The fourth-order valence-corrected chi connectivity index (χ4v) is 5.15. The zero-order valence-electron chi connectivity index (χ0n) is 20.7. The number of anilines is 2. The van der Waals surface area contributed by atoms with Crippen LogP contribution in [0.4, 0.5) is 11.4 Å². The van der Waals surface area contributed by atoms with E-state index < -0.39 is 0 Å². The lowest BCUT2D eigenvalue weighted by molar-refractivity contribution is -0.138. The molecule has 8 nitrogen and oxygen atoms in total. The number of hydrogen-bond acceptors (Lipinski definition) is 5. The van der Waals surface area contributed by atoms with Gasteiger partial charge in [0, 0.05) is 63.8 Å². The van der Waals surface area contributed by atoms with Gasteiger partial charge in [0.15, 0.2) is 0 Å². The highest BCUT2D eigenvalue weighted by molar-refractivity contribution is 6.00. The van der Waals surface area contributed by atoms with E-state index in [-0.39, 0.29) is 30.1 Å². The zero-order chi connectivity index (χ0) is 24.9. The van der Waals surface area contributed by atoms with Crippen LogP contribution >= 0.6 is 0 Å². The molecule has 1 aliphatic carbocycles. The Hall–Kier alpha value is -3.39. The molecule has 2 heterocycles. The summed E-state index contributed by atoms with van der Waals surface area (Å²) in [6.07, 6.45) is 3.44. The zero-order valence-corrected chi connectivity index (χ0v) is 20.7. The molecule has 2 aromatic rings. The number of rotatable bonds is 6. The van der Waals surface area contributed by atoms with Crippen LogP contribution in [-0.2, 0) is 16.0 Å². The van der Waals surface area contributed by atoms with Crippen LogP contribution in [0.2, 0.25) is 0 Å². The van der Waals surface area contributed by atoms with Crippen LogP contribution < -0.4 is 15.5 Å². The predicted octanol–water partition coefficient (Wildman–Crippen LogP) is 2.36. The average molecular weight is 490 g/mol. The first-order valence-corrected chi connectivity index (χ1v) is 13.1. The van der Waals surface area contributed by atoms with Gasteiger partial charge >= 0.3 is 0 Å². The lowest BCUT2D eigenvalue weighted by atomic mass is 9.84. The number of nitrogens with zero attached hydrogens (tertiary/aromatic N) is 3. The number of carbonyl (C=O) groups is 3. The van der Waals surface area contributed by atoms with E-state index >= 15 is 0 Å². The molecule has 2 N–H and O–H groups in total. The monoisotopic (exact) mass is 489 g/mol. The quantitative estimate of drug-likeness (QED) is 0.651. The van der Waals surface area contributed by atoms with Crippen LogP contribution in [0, 0.1) is 5.92 Å². The van der Waals surface area contributed by atoms with Gasteiger partial charge in [0.05, 0.1) is 17.8 Å². The fourth-order valence-electron chi connectivity index (χ4n) is 5.15. The minimum absolute atomic E-state index is 0.0162. The van der Waals surface area contributed by atoms with Crippen LogP contribution in [0.5, 0.6) is 0 Å². The molecule has 2 saturated heterocycles. The van der Waals surface area contributed by atoms with Crippen molar-refractivity contribution in [1.29, 1.82) is 0 Å². The minimum Gasteiger partial charge on any atom is -0.366 e. The van der Waals surface area contributed by atoms with Crippen LogP contribution in [0.3, 0.4) is 0 Å². The van der Waals surface area contributed by atoms with Gasteiger partial charge < -0.3 is 25.3 Å².